The summed E-state index contributed by atoms with van der Waals surface area (Å²) in [5.41, 5.74) is 3.07. The third kappa shape index (κ3) is 3.97. The van der Waals surface area contributed by atoms with Crippen molar-refractivity contribution in [2.24, 2.45) is 0 Å². The molecule has 0 bridgehead atoms. The molecule has 8 nitrogen and oxygen atoms in total. The molecule has 3 aromatic heterocycles. The maximum Gasteiger partial charge on any atom is 0.253 e. The summed E-state index contributed by atoms with van der Waals surface area (Å²) in [6.07, 6.45) is 8.73. The Labute approximate surface area is 187 Å². The van der Waals surface area contributed by atoms with Gasteiger partial charge in [-0.05, 0) is 57.7 Å². The van der Waals surface area contributed by atoms with Crippen molar-refractivity contribution in [1.29, 1.82) is 0 Å². The van der Waals surface area contributed by atoms with Crippen molar-refractivity contribution in [1.82, 2.24) is 30.0 Å². The minimum atomic E-state index is -0.0819. The number of piperidine rings is 1. The molecule has 8 heteroatoms. The van der Waals surface area contributed by atoms with Gasteiger partial charge in [-0.1, -0.05) is 0 Å². The molecule has 3 aromatic rings. The molecular weight excluding hydrogens is 404 g/mol. The Morgan fingerprint density at radius 1 is 1.09 bits per heavy atom. The van der Waals surface area contributed by atoms with Crippen molar-refractivity contribution in [3.63, 3.8) is 0 Å². The first-order chi connectivity index (χ1) is 15.5. The van der Waals surface area contributed by atoms with E-state index in [1.54, 1.807) is 30.7 Å². The molecule has 166 valence electrons. The van der Waals surface area contributed by atoms with Crippen LogP contribution < -0.4 is 5.32 Å². The Morgan fingerprint density at radius 2 is 1.81 bits per heavy atom. The lowest BCUT2D eigenvalue weighted by Crippen LogP contribution is -2.46. The second kappa shape index (κ2) is 8.33. The van der Waals surface area contributed by atoms with Crippen molar-refractivity contribution < 1.29 is 9.59 Å². The molecule has 0 spiro atoms. The highest BCUT2D eigenvalue weighted by atomic mass is 16.2. The Hall–Kier alpha value is -3.29. The molecule has 32 heavy (non-hydrogen) atoms. The number of hydrogen-bond acceptors (Lipinski definition) is 5. The summed E-state index contributed by atoms with van der Waals surface area (Å²) < 4.78 is 1.89. The van der Waals surface area contributed by atoms with Crippen molar-refractivity contribution in [2.75, 3.05) is 13.1 Å². The fourth-order valence-electron chi connectivity index (χ4n) is 4.36. The highest BCUT2D eigenvalue weighted by molar-refractivity contribution is 6.05. The molecule has 0 atom stereocenters. The molecule has 1 saturated carbocycles. The number of aromatic nitrogens is 4. The lowest BCUT2D eigenvalue weighted by molar-refractivity contribution is 0.0698. The van der Waals surface area contributed by atoms with Gasteiger partial charge in [-0.3, -0.25) is 14.6 Å². The van der Waals surface area contributed by atoms with Gasteiger partial charge in [0.15, 0.2) is 5.65 Å². The van der Waals surface area contributed by atoms with E-state index < -0.39 is 0 Å². The lowest BCUT2D eigenvalue weighted by atomic mass is 10.0. The van der Waals surface area contributed by atoms with E-state index in [1.807, 2.05) is 15.6 Å². The molecule has 0 aromatic carbocycles. The summed E-state index contributed by atoms with van der Waals surface area (Å²) in [5, 5.41) is 8.49. The van der Waals surface area contributed by atoms with Crippen LogP contribution in [0.15, 0.2) is 36.8 Å². The number of carbonyl (C=O) groups excluding carboxylic acids is 2. The number of nitrogens with zero attached hydrogens (tertiary/aromatic N) is 5. The molecule has 4 heterocycles. The van der Waals surface area contributed by atoms with E-state index in [0.29, 0.717) is 30.1 Å². The zero-order valence-corrected chi connectivity index (χ0v) is 18.5. The van der Waals surface area contributed by atoms with Crippen LogP contribution in [-0.4, -0.2) is 55.6 Å². The zero-order valence-electron chi connectivity index (χ0n) is 18.5. The first-order valence-corrected chi connectivity index (χ1v) is 11.4. The van der Waals surface area contributed by atoms with Gasteiger partial charge >= 0.3 is 0 Å². The molecular formula is C24H28N6O2. The van der Waals surface area contributed by atoms with Crippen LogP contribution in [0.4, 0.5) is 0 Å². The second-order valence-electron chi connectivity index (χ2n) is 9.06. The summed E-state index contributed by atoms with van der Waals surface area (Å²) in [5.74, 6) is 0.383. The molecule has 1 saturated heterocycles. The van der Waals surface area contributed by atoms with Gasteiger partial charge in [0.05, 0.1) is 17.1 Å². The summed E-state index contributed by atoms with van der Waals surface area (Å²) in [7, 11) is 0. The summed E-state index contributed by atoms with van der Waals surface area (Å²) in [6, 6.07) is 5.63. The Bertz CT molecular complexity index is 1140. The van der Waals surface area contributed by atoms with Crippen molar-refractivity contribution in [3.05, 3.63) is 53.6 Å². The first-order valence-electron chi connectivity index (χ1n) is 11.4. The van der Waals surface area contributed by atoms with Gasteiger partial charge in [0.1, 0.15) is 0 Å². The SMILES string of the molecule is CC(C)n1ncc2c(C(=O)NC3CCN(C(=O)c4ccncc4)CC3)cc(C3CC3)nc21. The van der Waals surface area contributed by atoms with Crippen LogP contribution in [0.5, 0.6) is 0 Å². The number of nitrogens with one attached hydrogen (secondary N) is 1. The quantitative estimate of drug-likeness (QED) is 0.668. The predicted molar refractivity (Wildman–Crippen MR) is 121 cm³/mol. The fourth-order valence-corrected chi connectivity index (χ4v) is 4.36. The topological polar surface area (TPSA) is 93.0 Å². The van der Waals surface area contributed by atoms with E-state index in [9.17, 15) is 9.59 Å². The number of fused-ring (bicyclic) bond motifs is 1. The van der Waals surface area contributed by atoms with Crippen LogP contribution in [0, 0.1) is 0 Å². The first kappa shape index (κ1) is 20.6. The summed E-state index contributed by atoms with van der Waals surface area (Å²) in [4.78, 5) is 36.6. The molecule has 2 aliphatic rings. The lowest BCUT2D eigenvalue weighted by Gasteiger charge is -2.32. The highest BCUT2D eigenvalue weighted by Gasteiger charge is 2.30. The van der Waals surface area contributed by atoms with Crippen LogP contribution in [0.3, 0.4) is 0 Å². The van der Waals surface area contributed by atoms with Crippen molar-refractivity contribution in [3.8, 4) is 0 Å². The van der Waals surface area contributed by atoms with Crippen LogP contribution in [0.1, 0.15) is 77.9 Å². The van der Waals surface area contributed by atoms with E-state index in [0.717, 1.165) is 42.4 Å². The fraction of sp³-hybridized carbons (Fsp3) is 0.458. The smallest absolute Gasteiger partial charge is 0.253 e. The standard InChI is InChI=1S/C24H28N6O2/c1-15(2)30-22-20(14-26-30)19(13-21(28-22)16-3-4-16)23(31)27-18-7-11-29(12-8-18)24(32)17-5-9-25-10-6-17/h5-6,9-10,13-16,18H,3-4,7-8,11-12H2,1-2H3,(H,27,31). The normalized spacial score (nSPS) is 17.2. The largest absolute Gasteiger partial charge is 0.349 e. The van der Waals surface area contributed by atoms with Crippen molar-refractivity contribution in [2.45, 2.75) is 57.5 Å². The van der Waals surface area contributed by atoms with Crippen LogP contribution in [0.2, 0.25) is 0 Å². The van der Waals surface area contributed by atoms with Gasteiger partial charge in [0.2, 0.25) is 0 Å². The third-order valence-electron chi connectivity index (χ3n) is 6.36. The van der Waals surface area contributed by atoms with E-state index in [4.69, 9.17) is 4.98 Å². The van der Waals surface area contributed by atoms with Gasteiger partial charge in [0.25, 0.3) is 11.8 Å². The Balaban J connectivity index is 1.30. The Kier molecular flexibility index (Phi) is 5.36. The van der Waals surface area contributed by atoms with Crippen LogP contribution in [0.25, 0.3) is 11.0 Å². The maximum atomic E-state index is 13.3. The number of likely N-dealkylation sites (tertiary alicyclic amines) is 1. The average molecular weight is 433 g/mol. The number of carbonyl (C=O) groups is 2. The van der Waals surface area contributed by atoms with Gasteiger partial charge < -0.3 is 10.2 Å². The predicted octanol–water partition coefficient (Wildman–Crippen LogP) is 3.32. The third-order valence-corrected chi connectivity index (χ3v) is 6.36. The van der Waals surface area contributed by atoms with Crippen LogP contribution in [-0.2, 0) is 0 Å². The van der Waals surface area contributed by atoms with Gasteiger partial charge in [-0.15, -0.1) is 0 Å². The van der Waals surface area contributed by atoms with E-state index in [1.165, 1.54) is 0 Å². The molecule has 2 fully saturated rings. The molecule has 1 N–H and O–H groups in total. The molecule has 2 amide bonds. The van der Waals surface area contributed by atoms with E-state index in [2.05, 4.69) is 29.2 Å². The average Bonchev–Trinajstić information content (AvgIpc) is 3.57. The minimum Gasteiger partial charge on any atom is -0.349 e. The number of rotatable bonds is 5. The molecule has 1 aliphatic carbocycles. The molecule has 5 rings (SSSR count). The highest BCUT2D eigenvalue weighted by Crippen LogP contribution is 2.40. The monoisotopic (exact) mass is 432 g/mol. The van der Waals surface area contributed by atoms with Gasteiger partial charge in [-0.25, -0.2) is 9.67 Å². The Morgan fingerprint density at radius 3 is 2.47 bits per heavy atom. The number of pyridine rings is 2. The van der Waals surface area contributed by atoms with Gasteiger partial charge in [-0.2, -0.15) is 5.10 Å². The number of amides is 2. The molecule has 0 radical (unpaired) electrons. The van der Waals surface area contributed by atoms with Crippen molar-refractivity contribution >= 4 is 22.8 Å². The van der Waals surface area contributed by atoms with E-state index in [-0.39, 0.29) is 23.9 Å². The van der Waals surface area contributed by atoms with Gasteiger partial charge in [0, 0.05) is 54.7 Å². The zero-order chi connectivity index (χ0) is 22.2. The molecule has 1 aliphatic heterocycles. The summed E-state index contributed by atoms with van der Waals surface area (Å²) >= 11 is 0. The maximum absolute atomic E-state index is 13.3. The van der Waals surface area contributed by atoms with Crippen LogP contribution >= 0.6 is 0 Å². The second-order valence-corrected chi connectivity index (χ2v) is 9.06. The number of hydrogen-bond donors (Lipinski definition) is 1. The molecule has 0 unspecified atom stereocenters. The summed E-state index contributed by atoms with van der Waals surface area (Å²) in [6.45, 7) is 5.38. The minimum absolute atomic E-state index is 0.0168. The van der Waals surface area contributed by atoms with E-state index >= 15 is 0 Å².